The van der Waals surface area contributed by atoms with Gasteiger partial charge in [0.1, 0.15) is 5.82 Å². The molecule has 2 heterocycles. The van der Waals surface area contributed by atoms with Gasteiger partial charge in [-0.1, -0.05) is 63.2 Å². The number of pyridine rings is 1. The minimum absolute atomic E-state index is 0.0916. The molecule has 5 nitrogen and oxygen atoms in total. The van der Waals surface area contributed by atoms with Crippen molar-refractivity contribution in [2.75, 3.05) is 12.4 Å². The van der Waals surface area contributed by atoms with E-state index < -0.39 is 14.4 Å². The highest BCUT2D eigenvalue weighted by Crippen LogP contribution is 2.44. The fourth-order valence-corrected chi connectivity index (χ4v) is 7.15. The van der Waals surface area contributed by atoms with Crippen LogP contribution in [0.2, 0.25) is 18.1 Å². The third-order valence-corrected chi connectivity index (χ3v) is 13.8. The Labute approximate surface area is 246 Å². The van der Waals surface area contributed by atoms with E-state index in [-0.39, 0.29) is 22.7 Å². The number of rotatable bonds is 8. The molecule has 4 aromatic rings. The van der Waals surface area contributed by atoms with Crippen molar-refractivity contribution >= 4 is 42.8 Å². The van der Waals surface area contributed by atoms with Crippen LogP contribution in [0.4, 0.5) is 4.39 Å². The van der Waals surface area contributed by atoms with Gasteiger partial charge in [0.05, 0.1) is 28.4 Å². The Morgan fingerprint density at radius 2 is 1.56 bits per heavy atom. The molecule has 0 saturated heterocycles. The molecular formula is C33H35FN2O3SSi. The van der Waals surface area contributed by atoms with E-state index in [2.05, 4.69) is 33.9 Å². The Bertz CT molecular complexity index is 1600. The molecule has 0 N–H and O–H groups in total. The summed E-state index contributed by atoms with van der Waals surface area (Å²) in [5.74, 6) is -0.369. The molecule has 1 aromatic heterocycles. The van der Waals surface area contributed by atoms with Crippen LogP contribution in [-0.4, -0.2) is 42.4 Å². The van der Waals surface area contributed by atoms with Crippen molar-refractivity contribution in [1.29, 1.82) is 0 Å². The molecule has 1 unspecified atom stereocenters. The average Bonchev–Trinajstić information content (AvgIpc) is 3.19. The summed E-state index contributed by atoms with van der Waals surface area (Å²) in [5.41, 5.74) is 3.68. The number of halogens is 1. The van der Waals surface area contributed by atoms with Gasteiger partial charge in [-0.2, -0.15) is 0 Å². The predicted octanol–water partition coefficient (Wildman–Crippen LogP) is 8.51. The first-order chi connectivity index (χ1) is 19.4. The number of fused-ring (bicyclic) bond motifs is 2. The van der Waals surface area contributed by atoms with Crippen molar-refractivity contribution in [3.63, 3.8) is 0 Å². The topological polar surface area (TPSA) is 59.5 Å². The Morgan fingerprint density at radius 1 is 0.951 bits per heavy atom. The molecule has 1 aliphatic rings. The van der Waals surface area contributed by atoms with Gasteiger partial charge < -0.3 is 4.43 Å². The number of carbonyl (C=O) groups excluding carboxylic acids is 2. The summed E-state index contributed by atoms with van der Waals surface area (Å²) >= 11 is 1.60. The van der Waals surface area contributed by atoms with Crippen molar-refractivity contribution in [2.45, 2.75) is 56.8 Å². The monoisotopic (exact) mass is 586 g/mol. The quantitative estimate of drug-likeness (QED) is 0.0896. The third kappa shape index (κ3) is 5.48. The molecule has 0 fully saturated rings. The molecule has 5 rings (SSSR count). The fraction of sp³-hybridized carbons (Fsp3) is 0.303. The molecule has 0 aliphatic carbocycles. The maximum atomic E-state index is 14.6. The summed E-state index contributed by atoms with van der Waals surface area (Å²) in [6.07, 6.45) is 0. The lowest BCUT2D eigenvalue weighted by atomic mass is 9.97. The van der Waals surface area contributed by atoms with Crippen LogP contribution in [0.15, 0.2) is 77.7 Å². The number of nitrogens with zero attached hydrogens (tertiary/aromatic N) is 2. The summed E-state index contributed by atoms with van der Waals surface area (Å²) in [6, 6.07) is 20.6. The van der Waals surface area contributed by atoms with Gasteiger partial charge in [0.2, 0.25) is 0 Å². The zero-order valence-electron chi connectivity index (χ0n) is 24.3. The number of benzene rings is 3. The normalized spacial score (nSPS) is 14.6. The minimum atomic E-state index is -1.94. The third-order valence-electron chi connectivity index (χ3n) is 8.20. The highest BCUT2D eigenvalue weighted by Gasteiger charge is 2.40. The first kappa shape index (κ1) is 29.2. The number of imide groups is 1. The zero-order valence-corrected chi connectivity index (χ0v) is 26.1. The molecular weight excluding hydrogens is 552 g/mol. The highest BCUT2D eigenvalue weighted by molar-refractivity contribution is 7.99. The van der Waals surface area contributed by atoms with Crippen LogP contribution >= 0.6 is 11.8 Å². The SMILES string of the molecule is CC(c1nc2ccc(F)cc2c(SCCO[Si](C)(C)C(C)(C)C)c1-c1ccccc1)N1C(=O)c2ccccc2C1=O. The van der Waals surface area contributed by atoms with Crippen LogP contribution < -0.4 is 0 Å². The van der Waals surface area contributed by atoms with Gasteiger partial charge in [-0.3, -0.25) is 14.5 Å². The van der Waals surface area contributed by atoms with E-state index in [1.54, 1.807) is 42.1 Å². The number of hydrogen-bond acceptors (Lipinski definition) is 5. The minimum Gasteiger partial charge on any atom is -0.416 e. The van der Waals surface area contributed by atoms with Gasteiger partial charge in [0.15, 0.2) is 8.32 Å². The van der Waals surface area contributed by atoms with Crippen molar-refractivity contribution < 1.29 is 18.4 Å². The molecule has 41 heavy (non-hydrogen) atoms. The predicted molar refractivity (Wildman–Crippen MR) is 166 cm³/mol. The summed E-state index contributed by atoms with van der Waals surface area (Å²) in [7, 11) is -1.94. The number of carbonyl (C=O) groups is 2. The van der Waals surface area contributed by atoms with E-state index in [1.165, 1.54) is 17.0 Å². The largest absolute Gasteiger partial charge is 0.416 e. The van der Waals surface area contributed by atoms with E-state index in [0.29, 0.717) is 40.1 Å². The zero-order chi connectivity index (χ0) is 29.5. The van der Waals surface area contributed by atoms with Gasteiger partial charge in [-0.15, -0.1) is 11.8 Å². The first-order valence-electron chi connectivity index (χ1n) is 13.8. The van der Waals surface area contributed by atoms with E-state index in [1.807, 2.05) is 37.3 Å². The van der Waals surface area contributed by atoms with Gasteiger partial charge in [-0.05, 0) is 61.0 Å². The maximum Gasteiger partial charge on any atom is 0.262 e. The Morgan fingerprint density at radius 3 is 2.17 bits per heavy atom. The van der Waals surface area contributed by atoms with Crippen molar-refractivity contribution in [3.8, 4) is 11.1 Å². The molecule has 212 valence electrons. The van der Waals surface area contributed by atoms with Gasteiger partial charge in [0.25, 0.3) is 11.8 Å². The Hall–Kier alpha value is -3.33. The summed E-state index contributed by atoms with van der Waals surface area (Å²) < 4.78 is 21.1. The van der Waals surface area contributed by atoms with Crippen molar-refractivity contribution in [3.05, 3.63) is 95.4 Å². The van der Waals surface area contributed by atoms with E-state index in [0.717, 1.165) is 16.0 Å². The molecule has 1 aliphatic heterocycles. The molecule has 1 atom stereocenters. The molecule has 3 aromatic carbocycles. The maximum absolute atomic E-state index is 14.6. The number of hydrogen-bond donors (Lipinski definition) is 0. The first-order valence-corrected chi connectivity index (χ1v) is 17.7. The second-order valence-electron chi connectivity index (χ2n) is 11.9. The van der Waals surface area contributed by atoms with Crippen molar-refractivity contribution in [1.82, 2.24) is 9.88 Å². The molecule has 0 radical (unpaired) electrons. The van der Waals surface area contributed by atoms with E-state index in [9.17, 15) is 14.0 Å². The van der Waals surface area contributed by atoms with E-state index >= 15 is 0 Å². The molecule has 2 amide bonds. The van der Waals surface area contributed by atoms with Gasteiger partial charge >= 0.3 is 0 Å². The van der Waals surface area contributed by atoms with E-state index in [4.69, 9.17) is 9.41 Å². The van der Waals surface area contributed by atoms with Crippen LogP contribution in [0.25, 0.3) is 22.0 Å². The van der Waals surface area contributed by atoms with Gasteiger partial charge in [-0.25, -0.2) is 9.37 Å². The number of thioether (sulfide) groups is 1. The number of amides is 2. The summed E-state index contributed by atoms with van der Waals surface area (Å²) in [4.78, 5) is 34.1. The van der Waals surface area contributed by atoms with Crippen LogP contribution in [-0.2, 0) is 4.43 Å². The summed E-state index contributed by atoms with van der Waals surface area (Å²) in [6.45, 7) is 13.5. The lowest BCUT2D eigenvalue weighted by molar-refractivity contribution is 0.0592. The Kier molecular flexibility index (Phi) is 7.94. The standard InChI is InChI=1S/C33H35FN2O3SSi/c1-21(36-31(37)24-14-10-11-15-25(24)32(36)38)29-28(22-12-8-7-9-13-22)30(26-20-23(34)16-17-27(26)35-29)40-19-18-39-41(5,6)33(2,3)4/h7-17,20-21H,18-19H2,1-6H3. The van der Waals surface area contributed by atoms with Gasteiger partial charge in [0, 0.05) is 28.2 Å². The van der Waals surface area contributed by atoms with Crippen molar-refractivity contribution in [2.24, 2.45) is 0 Å². The lowest BCUT2D eigenvalue weighted by Crippen LogP contribution is -2.41. The van der Waals surface area contributed by atoms with Crippen LogP contribution in [0.1, 0.15) is 60.1 Å². The fourth-order valence-electron chi connectivity index (χ4n) is 4.90. The molecule has 8 heteroatoms. The second kappa shape index (κ2) is 11.2. The lowest BCUT2D eigenvalue weighted by Gasteiger charge is -2.36. The average molecular weight is 587 g/mol. The van der Waals surface area contributed by atoms with Crippen LogP contribution in [0.5, 0.6) is 0 Å². The second-order valence-corrected chi connectivity index (χ2v) is 17.8. The van der Waals surface area contributed by atoms with Crippen LogP contribution in [0, 0.1) is 5.82 Å². The smallest absolute Gasteiger partial charge is 0.262 e. The Balaban J connectivity index is 1.62. The summed E-state index contributed by atoms with van der Waals surface area (Å²) in [5, 5.41) is 0.786. The molecule has 0 bridgehead atoms. The number of aromatic nitrogens is 1. The molecule has 0 saturated carbocycles. The highest BCUT2D eigenvalue weighted by atomic mass is 32.2. The van der Waals surface area contributed by atoms with Crippen LogP contribution in [0.3, 0.4) is 0 Å². The molecule has 0 spiro atoms.